The van der Waals surface area contributed by atoms with Gasteiger partial charge in [0.05, 0.1) is 6.61 Å². The van der Waals surface area contributed by atoms with Gasteiger partial charge in [0.25, 0.3) is 0 Å². The summed E-state index contributed by atoms with van der Waals surface area (Å²) in [5.41, 5.74) is -0.149. The van der Waals surface area contributed by atoms with Crippen molar-refractivity contribution < 1.29 is 10.2 Å². The zero-order valence-corrected chi connectivity index (χ0v) is 7.83. The van der Waals surface area contributed by atoms with Gasteiger partial charge in [0.2, 0.25) is 0 Å². The first kappa shape index (κ1) is 10.9. The van der Waals surface area contributed by atoms with E-state index in [1.807, 2.05) is 20.8 Å². The molecule has 0 heterocycles. The number of aliphatic hydroxyl groups is 2. The Labute approximate surface area is 68.6 Å². The fraction of sp³-hybridized carbons (Fsp3) is 1.00. The molecule has 0 fully saturated rings. The van der Waals surface area contributed by atoms with E-state index in [1.54, 1.807) is 11.9 Å². The lowest BCUT2D eigenvalue weighted by atomic mass is 9.93. The number of rotatable bonds is 3. The molecular weight excluding hydrogens is 142 g/mol. The van der Waals surface area contributed by atoms with Crippen LogP contribution in [0.2, 0.25) is 0 Å². The van der Waals surface area contributed by atoms with Gasteiger partial charge in [-0.05, 0) is 7.05 Å². The monoisotopic (exact) mass is 161 g/mol. The smallest absolute Gasteiger partial charge is 0.112 e. The summed E-state index contributed by atoms with van der Waals surface area (Å²) >= 11 is 0. The van der Waals surface area contributed by atoms with Crippen molar-refractivity contribution >= 4 is 0 Å². The molecular formula is C8H19NO2. The van der Waals surface area contributed by atoms with Crippen molar-refractivity contribution in [3.8, 4) is 0 Å². The standard InChI is InChI=1S/C8H19NO2/c1-8(2,3)7(11)9(4)5-6-10/h7,10-11H,5-6H2,1-4H3. The minimum Gasteiger partial charge on any atom is -0.395 e. The molecule has 1 atom stereocenters. The molecule has 0 radical (unpaired) electrons. The van der Waals surface area contributed by atoms with Crippen molar-refractivity contribution in [2.75, 3.05) is 20.2 Å². The van der Waals surface area contributed by atoms with Gasteiger partial charge < -0.3 is 10.2 Å². The molecule has 0 saturated carbocycles. The third-order valence-corrected chi connectivity index (χ3v) is 1.64. The number of hydrogen-bond acceptors (Lipinski definition) is 3. The predicted molar refractivity (Wildman–Crippen MR) is 45.2 cm³/mol. The first-order chi connectivity index (χ1) is 4.89. The highest BCUT2D eigenvalue weighted by Crippen LogP contribution is 2.20. The minimum absolute atomic E-state index is 0.0869. The largest absolute Gasteiger partial charge is 0.395 e. The third-order valence-electron chi connectivity index (χ3n) is 1.64. The summed E-state index contributed by atoms with van der Waals surface area (Å²) in [6.45, 7) is 6.49. The highest BCUT2D eigenvalue weighted by molar-refractivity contribution is 4.71. The van der Waals surface area contributed by atoms with Gasteiger partial charge in [0.1, 0.15) is 6.23 Å². The average molecular weight is 161 g/mol. The molecule has 11 heavy (non-hydrogen) atoms. The van der Waals surface area contributed by atoms with Crippen LogP contribution >= 0.6 is 0 Å². The zero-order valence-electron chi connectivity index (χ0n) is 7.83. The SMILES string of the molecule is CN(CCO)C(O)C(C)(C)C. The lowest BCUT2D eigenvalue weighted by Crippen LogP contribution is -2.42. The number of likely N-dealkylation sites (N-methyl/N-ethyl adjacent to an activating group) is 1. The van der Waals surface area contributed by atoms with E-state index in [9.17, 15) is 5.11 Å². The molecule has 0 aromatic heterocycles. The van der Waals surface area contributed by atoms with Crippen LogP contribution < -0.4 is 0 Å². The molecule has 3 heteroatoms. The zero-order chi connectivity index (χ0) is 9.07. The Bertz CT molecular complexity index is 109. The number of aliphatic hydroxyl groups excluding tert-OH is 2. The number of hydrogen-bond donors (Lipinski definition) is 2. The Kier molecular flexibility index (Phi) is 4.00. The first-order valence-corrected chi connectivity index (χ1v) is 3.88. The van der Waals surface area contributed by atoms with Crippen LogP contribution in [0.15, 0.2) is 0 Å². The van der Waals surface area contributed by atoms with Gasteiger partial charge in [-0.1, -0.05) is 20.8 Å². The molecule has 0 bridgehead atoms. The molecule has 0 spiro atoms. The summed E-state index contributed by atoms with van der Waals surface area (Å²) in [4.78, 5) is 1.74. The average Bonchev–Trinajstić information content (AvgIpc) is 1.85. The predicted octanol–water partition coefficient (Wildman–Crippen LogP) is 0.275. The van der Waals surface area contributed by atoms with E-state index in [0.717, 1.165) is 0 Å². The van der Waals surface area contributed by atoms with E-state index >= 15 is 0 Å². The Morgan fingerprint density at radius 3 is 2.09 bits per heavy atom. The normalized spacial score (nSPS) is 15.5. The molecule has 2 N–H and O–H groups in total. The van der Waals surface area contributed by atoms with Crippen molar-refractivity contribution in [1.82, 2.24) is 4.90 Å². The maximum Gasteiger partial charge on any atom is 0.112 e. The summed E-state index contributed by atoms with van der Waals surface area (Å²) in [5, 5.41) is 18.2. The summed E-state index contributed by atoms with van der Waals surface area (Å²) < 4.78 is 0. The van der Waals surface area contributed by atoms with Crippen LogP contribution in [-0.2, 0) is 0 Å². The van der Waals surface area contributed by atoms with E-state index in [4.69, 9.17) is 5.11 Å². The van der Waals surface area contributed by atoms with E-state index in [1.165, 1.54) is 0 Å². The van der Waals surface area contributed by atoms with Gasteiger partial charge in [0, 0.05) is 12.0 Å². The van der Waals surface area contributed by atoms with E-state index in [0.29, 0.717) is 6.54 Å². The van der Waals surface area contributed by atoms with E-state index in [-0.39, 0.29) is 12.0 Å². The van der Waals surface area contributed by atoms with Gasteiger partial charge in [-0.15, -0.1) is 0 Å². The highest BCUT2D eigenvalue weighted by Gasteiger charge is 2.25. The molecule has 0 rings (SSSR count). The molecule has 0 amide bonds. The Balaban J connectivity index is 3.91. The van der Waals surface area contributed by atoms with Crippen molar-refractivity contribution in [2.24, 2.45) is 5.41 Å². The Morgan fingerprint density at radius 2 is 1.82 bits per heavy atom. The molecule has 0 aromatic carbocycles. The summed E-state index contributed by atoms with van der Waals surface area (Å²) in [7, 11) is 1.80. The second-order valence-corrected chi connectivity index (χ2v) is 3.94. The molecule has 3 nitrogen and oxygen atoms in total. The lowest BCUT2D eigenvalue weighted by molar-refractivity contribution is -0.0617. The third kappa shape index (κ3) is 3.70. The van der Waals surface area contributed by atoms with Crippen LogP contribution in [0, 0.1) is 5.41 Å². The van der Waals surface area contributed by atoms with Gasteiger partial charge in [0.15, 0.2) is 0 Å². The van der Waals surface area contributed by atoms with Crippen LogP contribution in [-0.4, -0.2) is 41.5 Å². The van der Waals surface area contributed by atoms with Gasteiger partial charge in [-0.2, -0.15) is 0 Å². The minimum atomic E-state index is -0.491. The van der Waals surface area contributed by atoms with Crippen molar-refractivity contribution in [1.29, 1.82) is 0 Å². The molecule has 0 aliphatic heterocycles. The van der Waals surface area contributed by atoms with Crippen LogP contribution in [0.1, 0.15) is 20.8 Å². The van der Waals surface area contributed by atoms with E-state index < -0.39 is 6.23 Å². The van der Waals surface area contributed by atoms with Crippen LogP contribution in [0.3, 0.4) is 0 Å². The van der Waals surface area contributed by atoms with Gasteiger partial charge in [-0.3, -0.25) is 4.90 Å². The van der Waals surface area contributed by atoms with Crippen LogP contribution in [0.5, 0.6) is 0 Å². The maximum absolute atomic E-state index is 9.60. The molecule has 0 aliphatic carbocycles. The summed E-state index contributed by atoms with van der Waals surface area (Å²) in [5.74, 6) is 0. The van der Waals surface area contributed by atoms with Crippen molar-refractivity contribution in [2.45, 2.75) is 27.0 Å². The molecule has 68 valence electrons. The fourth-order valence-electron chi connectivity index (χ4n) is 0.941. The van der Waals surface area contributed by atoms with Crippen LogP contribution in [0.4, 0.5) is 0 Å². The topological polar surface area (TPSA) is 43.7 Å². The molecule has 0 aromatic rings. The second-order valence-electron chi connectivity index (χ2n) is 3.94. The van der Waals surface area contributed by atoms with Crippen LogP contribution in [0.25, 0.3) is 0 Å². The molecule has 0 saturated heterocycles. The molecule has 0 aliphatic rings. The summed E-state index contributed by atoms with van der Waals surface area (Å²) in [6.07, 6.45) is -0.491. The second kappa shape index (κ2) is 4.04. The Hall–Kier alpha value is -0.120. The lowest BCUT2D eigenvalue weighted by Gasteiger charge is -2.33. The van der Waals surface area contributed by atoms with Gasteiger partial charge >= 0.3 is 0 Å². The first-order valence-electron chi connectivity index (χ1n) is 3.88. The molecule has 1 unspecified atom stereocenters. The number of nitrogens with zero attached hydrogens (tertiary/aromatic N) is 1. The van der Waals surface area contributed by atoms with Crippen molar-refractivity contribution in [3.05, 3.63) is 0 Å². The maximum atomic E-state index is 9.60. The quantitative estimate of drug-likeness (QED) is 0.584. The van der Waals surface area contributed by atoms with Gasteiger partial charge in [-0.25, -0.2) is 0 Å². The van der Waals surface area contributed by atoms with Crippen molar-refractivity contribution in [3.63, 3.8) is 0 Å². The highest BCUT2D eigenvalue weighted by atomic mass is 16.3. The summed E-state index contributed by atoms with van der Waals surface area (Å²) in [6, 6.07) is 0. The van der Waals surface area contributed by atoms with E-state index in [2.05, 4.69) is 0 Å². The Morgan fingerprint density at radius 1 is 1.36 bits per heavy atom. The fourth-order valence-corrected chi connectivity index (χ4v) is 0.941.